The molecule has 4 nitrogen and oxygen atoms in total. The van der Waals surface area contributed by atoms with Crippen molar-refractivity contribution in [2.45, 2.75) is 13.0 Å². The summed E-state index contributed by atoms with van der Waals surface area (Å²) in [6.07, 6.45) is 0.265. The molecule has 0 spiro atoms. The van der Waals surface area contributed by atoms with Gasteiger partial charge in [-0.3, -0.25) is 0 Å². The van der Waals surface area contributed by atoms with Crippen LogP contribution in [0.4, 0.5) is 5.82 Å². The van der Waals surface area contributed by atoms with Crippen molar-refractivity contribution >= 4 is 5.82 Å². The molecule has 88 valence electrons. The van der Waals surface area contributed by atoms with E-state index in [-0.39, 0.29) is 6.10 Å². The Labute approximate surface area is 96.6 Å². The van der Waals surface area contributed by atoms with Gasteiger partial charge in [0.25, 0.3) is 0 Å². The Morgan fingerprint density at radius 3 is 3.12 bits per heavy atom. The molecule has 1 unspecified atom stereocenters. The summed E-state index contributed by atoms with van der Waals surface area (Å²) >= 11 is 0. The predicted molar refractivity (Wildman–Crippen MR) is 64.9 cm³/mol. The fourth-order valence-electron chi connectivity index (χ4n) is 1.88. The molecule has 0 bridgehead atoms. The van der Waals surface area contributed by atoms with Crippen LogP contribution in [0.1, 0.15) is 5.69 Å². The van der Waals surface area contributed by atoms with Crippen molar-refractivity contribution in [2.24, 2.45) is 0 Å². The van der Waals surface area contributed by atoms with Gasteiger partial charge in [-0.15, -0.1) is 0 Å². The van der Waals surface area contributed by atoms with E-state index in [4.69, 9.17) is 4.74 Å². The molecule has 0 amide bonds. The first-order valence-electron chi connectivity index (χ1n) is 5.73. The third-order valence-electron chi connectivity index (χ3n) is 2.75. The number of rotatable bonds is 3. The van der Waals surface area contributed by atoms with E-state index in [2.05, 4.69) is 22.2 Å². The van der Waals surface area contributed by atoms with Gasteiger partial charge in [0.2, 0.25) is 0 Å². The van der Waals surface area contributed by atoms with Gasteiger partial charge in [-0.25, -0.2) is 4.98 Å². The van der Waals surface area contributed by atoms with Crippen LogP contribution in [0.2, 0.25) is 0 Å². The van der Waals surface area contributed by atoms with Crippen molar-refractivity contribution in [2.75, 3.05) is 38.2 Å². The summed E-state index contributed by atoms with van der Waals surface area (Å²) < 4.78 is 5.67. The summed E-state index contributed by atoms with van der Waals surface area (Å²) in [5, 5.41) is 3.33. The van der Waals surface area contributed by atoms with E-state index in [1.165, 1.54) is 0 Å². The zero-order valence-corrected chi connectivity index (χ0v) is 9.94. The van der Waals surface area contributed by atoms with Gasteiger partial charge in [-0.1, -0.05) is 6.07 Å². The fourth-order valence-corrected chi connectivity index (χ4v) is 1.88. The molecule has 0 saturated carbocycles. The van der Waals surface area contributed by atoms with Gasteiger partial charge in [0.05, 0.1) is 12.7 Å². The van der Waals surface area contributed by atoms with E-state index in [0.717, 1.165) is 37.8 Å². The first-order valence-corrected chi connectivity index (χ1v) is 5.73. The summed E-state index contributed by atoms with van der Waals surface area (Å²) in [4.78, 5) is 6.63. The molecular weight excluding hydrogens is 202 g/mol. The number of anilines is 1. The van der Waals surface area contributed by atoms with Crippen molar-refractivity contribution in [1.82, 2.24) is 10.3 Å². The first kappa shape index (κ1) is 11.4. The fraction of sp³-hybridized carbons (Fsp3) is 0.583. The highest BCUT2D eigenvalue weighted by molar-refractivity contribution is 5.38. The van der Waals surface area contributed by atoms with Crippen LogP contribution in [-0.2, 0) is 4.74 Å². The van der Waals surface area contributed by atoms with Gasteiger partial charge in [-0.2, -0.15) is 0 Å². The lowest BCUT2D eigenvalue weighted by Crippen LogP contribution is -2.44. The summed E-state index contributed by atoms with van der Waals surface area (Å²) in [6, 6.07) is 6.08. The standard InChI is InChI=1S/C12H19N3O/c1-10-4-3-5-12(14-10)15(2)9-11-8-13-6-7-16-11/h3-5,11,13H,6-9H2,1-2H3. The van der Waals surface area contributed by atoms with Gasteiger partial charge in [0.1, 0.15) is 5.82 Å². The molecule has 0 aromatic carbocycles. The molecule has 1 saturated heterocycles. The number of nitrogens with zero attached hydrogens (tertiary/aromatic N) is 2. The summed E-state index contributed by atoms with van der Waals surface area (Å²) in [6.45, 7) is 5.58. The average molecular weight is 221 g/mol. The molecule has 4 heteroatoms. The van der Waals surface area contributed by atoms with Crippen LogP contribution in [0.15, 0.2) is 18.2 Å². The Balaban J connectivity index is 1.94. The van der Waals surface area contributed by atoms with Crippen LogP contribution in [0, 0.1) is 6.92 Å². The van der Waals surface area contributed by atoms with Crippen LogP contribution in [0.3, 0.4) is 0 Å². The number of pyridine rings is 1. The molecule has 0 radical (unpaired) electrons. The lowest BCUT2D eigenvalue weighted by atomic mass is 10.3. The quantitative estimate of drug-likeness (QED) is 0.820. The maximum absolute atomic E-state index is 5.67. The Morgan fingerprint density at radius 2 is 2.44 bits per heavy atom. The van der Waals surface area contributed by atoms with Crippen molar-refractivity contribution in [1.29, 1.82) is 0 Å². The highest BCUT2D eigenvalue weighted by Gasteiger charge is 2.16. The predicted octanol–water partition coefficient (Wildman–Crippen LogP) is 0.815. The van der Waals surface area contributed by atoms with Crippen molar-refractivity contribution < 1.29 is 4.74 Å². The second-order valence-electron chi connectivity index (χ2n) is 4.21. The number of morpholine rings is 1. The van der Waals surface area contributed by atoms with Gasteiger partial charge < -0.3 is 15.0 Å². The number of nitrogens with one attached hydrogen (secondary N) is 1. The summed E-state index contributed by atoms with van der Waals surface area (Å²) in [7, 11) is 2.06. The van der Waals surface area contributed by atoms with Crippen LogP contribution < -0.4 is 10.2 Å². The summed E-state index contributed by atoms with van der Waals surface area (Å²) in [5.41, 5.74) is 1.05. The number of aryl methyl sites for hydroxylation is 1. The third-order valence-corrected chi connectivity index (χ3v) is 2.75. The van der Waals surface area contributed by atoms with Crippen LogP contribution in [0.5, 0.6) is 0 Å². The smallest absolute Gasteiger partial charge is 0.128 e. The highest BCUT2D eigenvalue weighted by atomic mass is 16.5. The van der Waals surface area contributed by atoms with Crippen LogP contribution in [-0.4, -0.2) is 44.4 Å². The van der Waals surface area contributed by atoms with E-state index in [1.54, 1.807) is 0 Å². The summed E-state index contributed by atoms with van der Waals surface area (Å²) in [5.74, 6) is 1.01. The number of aromatic nitrogens is 1. The van der Waals surface area contributed by atoms with Crippen LogP contribution in [0.25, 0.3) is 0 Å². The monoisotopic (exact) mass is 221 g/mol. The minimum atomic E-state index is 0.265. The second-order valence-corrected chi connectivity index (χ2v) is 4.21. The van der Waals surface area contributed by atoms with Crippen molar-refractivity contribution in [3.63, 3.8) is 0 Å². The largest absolute Gasteiger partial charge is 0.374 e. The maximum atomic E-state index is 5.67. The molecule has 1 aliphatic heterocycles. The highest BCUT2D eigenvalue weighted by Crippen LogP contribution is 2.10. The van der Waals surface area contributed by atoms with Gasteiger partial charge in [0.15, 0.2) is 0 Å². The molecule has 1 aliphatic rings. The normalized spacial score (nSPS) is 20.8. The van der Waals surface area contributed by atoms with E-state index >= 15 is 0 Å². The van der Waals surface area contributed by atoms with Crippen molar-refractivity contribution in [3.8, 4) is 0 Å². The van der Waals surface area contributed by atoms with Crippen LogP contribution >= 0.6 is 0 Å². The Hall–Kier alpha value is -1.13. The maximum Gasteiger partial charge on any atom is 0.128 e. The number of hydrogen-bond donors (Lipinski definition) is 1. The van der Waals surface area contributed by atoms with E-state index in [0.29, 0.717) is 0 Å². The topological polar surface area (TPSA) is 37.4 Å². The average Bonchev–Trinajstić information content (AvgIpc) is 2.30. The molecule has 1 atom stereocenters. The van der Waals surface area contributed by atoms with E-state index in [1.807, 2.05) is 25.1 Å². The molecule has 1 N–H and O–H groups in total. The number of hydrogen-bond acceptors (Lipinski definition) is 4. The molecule has 16 heavy (non-hydrogen) atoms. The van der Waals surface area contributed by atoms with Gasteiger partial charge >= 0.3 is 0 Å². The number of ether oxygens (including phenoxy) is 1. The Kier molecular flexibility index (Phi) is 3.74. The Morgan fingerprint density at radius 1 is 1.56 bits per heavy atom. The minimum absolute atomic E-state index is 0.265. The lowest BCUT2D eigenvalue weighted by Gasteiger charge is -2.28. The SMILES string of the molecule is Cc1cccc(N(C)CC2CNCCO2)n1. The molecule has 2 heterocycles. The Bertz CT molecular complexity index is 337. The lowest BCUT2D eigenvalue weighted by molar-refractivity contribution is 0.0339. The van der Waals surface area contributed by atoms with E-state index in [9.17, 15) is 0 Å². The zero-order chi connectivity index (χ0) is 11.4. The zero-order valence-electron chi connectivity index (χ0n) is 9.94. The molecule has 1 aromatic rings. The third kappa shape index (κ3) is 2.93. The number of likely N-dealkylation sites (N-methyl/N-ethyl adjacent to an activating group) is 1. The molecule has 2 rings (SSSR count). The molecule has 0 aliphatic carbocycles. The first-order chi connectivity index (χ1) is 7.75. The minimum Gasteiger partial charge on any atom is -0.374 e. The van der Waals surface area contributed by atoms with Gasteiger partial charge in [0, 0.05) is 32.4 Å². The van der Waals surface area contributed by atoms with Crippen molar-refractivity contribution in [3.05, 3.63) is 23.9 Å². The van der Waals surface area contributed by atoms with Gasteiger partial charge in [-0.05, 0) is 19.1 Å². The molecule has 1 fully saturated rings. The molecular formula is C12H19N3O. The molecule has 1 aromatic heterocycles. The van der Waals surface area contributed by atoms with E-state index < -0.39 is 0 Å². The second kappa shape index (κ2) is 5.27.